The second-order valence-corrected chi connectivity index (χ2v) is 4.64. The SMILES string of the molecule is CN(Cc1ccc(C(N)=O)cc1)C(=O)NC1CC1. The fraction of sp³-hybridized carbons (Fsp3) is 0.385. The first-order chi connectivity index (χ1) is 8.56. The Hall–Kier alpha value is -2.04. The summed E-state index contributed by atoms with van der Waals surface area (Å²) in [4.78, 5) is 24.3. The lowest BCUT2D eigenvalue weighted by Gasteiger charge is -2.18. The average molecular weight is 247 g/mol. The molecule has 1 saturated carbocycles. The maximum atomic E-state index is 11.7. The number of nitrogens with two attached hydrogens (primary N) is 1. The highest BCUT2D eigenvalue weighted by molar-refractivity contribution is 5.92. The van der Waals surface area contributed by atoms with Crippen molar-refractivity contribution in [2.24, 2.45) is 5.73 Å². The molecule has 0 bridgehead atoms. The van der Waals surface area contributed by atoms with Gasteiger partial charge in [0.05, 0.1) is 0 Å². The topological polar surface area (TPSA) is 75.4 Å². The molecule has 5 nitrogen and oxygen atoms in total. The summed E-state index contributed by atoms with van der Waals surface area (Å²) in [5, 5.41) is 2.92. The molecule has 1 aliphatic carbocycles. The minimum atomic E-state index is -0.443. The van der Waals surface area contributed by atoms with E-state index in [0.717, 1.165) is 18.4 Å². The van der Waals surface area contributed by atoms with E-state index in [2.05, 4.69) is 5.32 Å². The number of carbonyl (C=O) groups is 2. The highest BCUT2D eigenvalue weighted by atomic mass is 16.2. The number of nitrogens with one attached hydrogen (secondary N) is 1. The van der Waals surface area contributed by atoms with E-state index in [-0.39, 0.29) is 6.03 Å². The van der Waals surface area contributed by atoms with Crippen LogP contribution in [0.3, 0.4) is 0 Å². The van der Waals surface area contributed by atoms with Gasteiger partial charge in [-0.05, 0) is 30.5 Å². The Morgan fingerprint density at radius 1 is 1.33 bits per heavy atom. The van der Waals surface area contributed by atoms with E-state index < -0.39 is 5.91 Å². The summed E-state index contributed by atoms with van der Waals surface area (Å²) >= 11 is 0. The van der Waals surface area contributed by atoms with Crippen molar-refractivity contribution in [1.82, 2.24) is 10.2 Å². The number of nitrogens with zero attached hydrogens (tertiary/aromatic N) is 1. The number of hydrogen-bond acceptors (Lipinski definition) is 2. The molecule has 0 saturated heterocycles. The fourth-order valence-corrected chi connectivity index (χ4v) is 1.63. The molecule has 0 aromatic heterocycles. The Balaban J connectivity index is 1.91. The van der Waals surface area contributed by atoms with Crippen LogP contribution in [0, 0.1) is 0 Å². The summed E-state index contributed by atoms with van der Waals surface area (Å²) in [6, 6.07) is 7.25. The molecule has 0 atom stereocenters. The maximum absolute atomic E-state index is 11.7. The second-order valence-electron chi connectivity index (χ2n) is 4.64. The van der Waals surface area contributed by atoms with Crippen molar-refractivity contribution in [3.8, 4) is 0 Å². The summed E-state index contributed by atoms with van der Waals surface area (Å²) in [6.07, 6.45) is 2.15. The number of urea groups is 1. The van der Waals surface area contributed by atoms with Crippen molar-refractivity contribution in [3.63, 3.8) is 0 Å². The predicted octanol–water partition coefficient (Wildman–Crippen LogP) is 1.09. The highest BCUT2D eigenvalue weighted by Gasteiger charge is 2.24. The van der Waals surface area contributed by atoms with Crippen molar-refractivity contribution < 1.29 is 9.59 Å². The van der Waals surface area contributed by atoms with Crippen LogP contribution >= 0.6 is 0 Å². The minimum absolute atomic E-state index is 0.0588. The van der Waals surface area contributed by atoms with Crippen LogP contribution in [0.1, 0.15) is 28.8 Å². The smallest absolute Gasteiger partial charge is 0.317 e. The van der Waals surface area contributed by atoms with Crippen molar-refractivity contribution >= 4 is 11.9 Å². The first-order valence-electron chi connectivity index (χ1n) is 5.96. The Bertz CT molecular complexity index is 452. The molecule has 3 amide bonds. The van der Waals surface area contributed by atoms with Gasteiger partial charge in [-0.25, -0.2) is 4.79 Å². The molecule has 18 heavy (non-hydrogen) atoms. The molecule has 1 aromatic carbocycles. The molecular weight excluding hydrogens is 230 g/mol. The third-order valence-corrected chi connectivity index (χ3v) is 2.91. The zero-order valence-corrected chi connectivity index (χ0v) is 10.3. The van der Waals surface area contributed by atoms with Gasteiger partial charge >= 0.3 is 6.03 Å². The molecule has 0 spiro atoms. The van der Waals surface area contributed by atoms with Crippen LogP contribution in [0.4, 0.5) is 4.79 Å². The maximum Gasteiger partial charge on any atom is 0.317 e. The molecule has 1 fully saturated rings. The lowest BCUT2D eigenvalue weighted by atomic mass is 10.1. The second kappa shape index (κ2) is 5.08. The molecule has 0 heterocycles. The van der Waals surface area contributed by atoms with Gasteiger partial charge in [0.2, 0.25) is 5.91 Å². The van der Waals surface area contributed by atoms with E-state index in [4.69, 9.17) is 5.73 Å². The lowest BCUT2D eigenvalue weighted by Crippen LogP contribution is -2.37. The molecule has 0 aliphatic heterocycles. The number of carbonyl (C=O) groups excluding carboxylic acids is 2. The van der Waals surface area contributed by atoms with Crippen molar-refractivity contribution in [3.05, 3.63) is 35.4 Å². The zero-order chi connectivity index (χ0) is 13.1. The van der Waals surface area contributed by atoms with Crippen molar-refractivity contribution in [1.29, 1.82) is 0 Å². The van der Waals surface area contributed by atoms with Crippen molar-refractivity contribution in [2.45, 2.75) is 25.4 Å². The standard InChI is InChI=1S/C13H17N3O2/c1-16(13(18)15-11-6-7-11)8-9-2-4-10(5-3-9)12(14)17/h2-5,11H,6-8H2,1H3,(H2,14,17)(H,15,18). The number of benzene rings is 1. The first-order valence-corrected chi connectivity index (χ1v) is 5.96. The van der Waals surface area contributed by atoms with Gasteiger partial charge in [-0.15, -0.1) is 0 Å². The predicted molar refractivity (Wildman–Crippen MR) is 68.0 cm³/mol. The van der Waals surface area contributed by atoms with E-state index in [1.165, 1.54) is 0 Å². The van der Waals surface area contributed by atoms with Crippen LogP contribution in [0.15, 0.2) is 24.3 Å². The normalized spacial score (nSPS) is 14.1. The van der Waals surface area contributed by atoms with Crippen LogP contribution in [0.25, 0.3) is 0 Å². The molecule has 3 N–H and O–H groups in total. The Labute approximate surface area is 106 Å². The minimum Gasteiger partial charge on any atom is -0.366 e. The summed E-state index contributed by atoms with van der Waals surface area (Å²) in [7, 11) is 1.75. The van der Waals surface area contributed by atoms with E-state index in [1.54, 1.807) is 36.2 Å². The van der Waals surface area contributed by atoms with Gasteiger partial charge in [0.15, 0.2) is 0 Å². The number of primary amides is 1. The van der Waals surface area contributed by atoms with Gasteiger partial charge in [-0.3, -0.25) is 4.79 Å². The van der Waals surface area contributed by atoms with E-state index in [9.17, 15) is 9.59 Å². The van der Waals surface area contributed by atoms with Gasteiger partial charge in [-0.1, -0.05) is 12.1 Å². The molecule has 5 heteroatoms. The fourth-order valence-electron chi connectivity index (χ4n) is 1.63. The van der Waals surface area contributed by atoms with Gasteiger partial charge in [0.1, 0.15) is 0 Å². The van der Waals surface area contributed by atoms with E-state index in [1.807, 2.05) is 0 Å². The number of amides is 3. The average Bonchev–Trinajstić information content (AvgIpc) is 3.13. The highest BCUT2D eigenvalue weighted by Crippen LogP contribution is 2.19. The van der Waals surface area contributed by atoms with Crippen molar-refractivity contribution in [2.75, 3.05) is 7.05 Å². The van der Waals surface area contributed by atoms with Gasteiger partial charge < -0.3 is 16.0 Å². The van der Waals surface area contributed by atoms with Crippen LogP contribution in [-0.2, 0) is 6.54 Å². The summed E-state index contributed by atoms with van der Waals surface area (Å²) in [6.45, 7) is 0.512. The van der Waals surface area contributed by atoms with Crippen LogP contribution in [-0.4, -0.2) is 29.9 Å². The quantitative estimate of drug-likeness (QED) is 0.835. The Kier molecular flexibility index (Phi) is 3.50. The molecule has 0 radical (unpaired) electrons. The number of rotatable bonds is 4. The molecule has 0 unspecified atom stereocenters. The third-order valence-electron chi connectivity index (χ3n) is 2.91. The Morgan fingerprint density at radius 2 is 1.94 bits per heavy atom. The van der Waals surface area contributed by atoms with Gasteiger partial charge in [-0.2, -0.15) is 0 Å². The zero-order valence-electron chi connectivity index (χ0n) is 10.3. The summed E-state index contributed by atoms with van der Waals surface area (Å²) in [5.41, 5.74) is 6.60. The van der Waals surface area contributed by atoms with Gasteiger partial charge in [0.25, 0.3) is 0 Å². The van der Waals surface area contributed by atoms with E-state index in [0.29, 0.717) is 18.2 Å². The molecule has 1 aromatic rings. The molecule has 96 valence electrons. The van der Waals surface area contributed by atoms with Crippen LogP contribution in [0.5, 0.6) is 0 Å². The summed E-state index contributed by atoms with van der Waals surface area (Å²) < 4.78 is 0. The first kappa shape index (κ1) is 12.4. The monoisotopic (exact) mass is 247 g/mol. The van der Waals surface area contributed by atoms with Crippen LogP contribution < -0.4 is 11.1 Å². The third kappa shape index (κ3) is 3.23. The van der Waals surface area contributed by atoms with Gasteiger partial charge in [0, 0.05) is 25.2 Å². The number of hydrogen-bond donors (Lipinski definition) is 2. The molecule has 2 rings (SSSR count). The Morgan fingerprint density at radius 3 is 2.44 bits per heavy atom. The van der Waals surface area contributed by atoms with Crippen LogP contribution in [0.2, 0.25) is 0 Å². The molecular formula is C13H17N3O2. The molecule has 1 aliphatic rings. The van der Waals surface area contributed by atoms with E-state index >= 15 is 0 Å². The lowest BCUT2D eigenvalue weighted by molar-refractivity contribution is 0.1000. The largest absolute Gasteiger partial charge is 0.366 e. The summed E-state index contributed by atoms with van der Waals surface area (Å²) in [5.74, 6) is -0.443.